The van der Waals surface area contributed by atoms with Crippen molar-refractivity contribution < 1.29 is 49.0 Å². The summed E-state index contributed by atoms with van der Waals surface area (Å²) in [6, 6.07) is -0.692. The second kappa shape index (κ2) is 9.48. The number of amides is 2. The number of hydrogen-bond acceptors (Lipinski definition) is 12. The third-order valence-electron chi connectivity index (χ3n) is 4.57. The molecular formula is C14H15N8NaO4S3. The predicted molar refractivity (Wildman–Crippen MR) is 101 cm³/mol. The maximum absolute atomic E-state index is 12.5. The SMILES string of the molecule is Cc1nnc(SCC2(C(=O)[O-])CS[C@@H]3C(NC(=O)Cn4cnnn4)C(=O)N3C2)s1.[Na+]. The van der Waals surface area contributed by atoms with E-state index in [0.29, 0.717) is 4.34 Å². The Morgan fingerprint density at radius 2 is 2.23 bits per heavy atom. The van der Waals surface area contributed by atoms with Crippen LogP contribution in [0.4, 0.5) is 0 Å². The summed E-state index contributed by atoms with van der Waals surface area (Å²) in [5.41, 5.74) is -1.19. The number of carbonyl (C=O) groups is 3. The second-order valence-electron chi connectivity index (χ2n) is 6.66. The van der Waals surface area contributed by atoms with E-state index in [4.69, 9.17) is 0 Å². The zero-order chi connectivity index (χ0) is 20.6. The zero-order valence-electron chi connectivity index (χ0n) is 16.0. The van der Waals surface area contributed by atoms with Crippen molar-refractivity contribution in [3.8, 4) is 0 Å². The monoisotopic (exact) mass is 478 g/mol. The molecular weight excluding hydrogens is 463 g/mol. The zero-order valence-corrected chi connectivity index (χ0v) is 20.5. The summed E-state index contributed by atoms with van der Waals surface area (Å²) < 4.78 is 1.93. The molecule has 1 N–H and O–H groups in total. The first-order chi connectivity index (χ1) is 13.9. The first kappa shape index (κ1) is 23.4. The second-order valence-corrected chi connectivity index (χ2v) is 10.2. The molecule has 2 aromatic rings. The Balaban J connectivity index is 0.00000256. The maximum atomic E-state index is 12.5. The van der Waals surface area contributed by atoms with E-state index in [9.17, 15) is 19.5 Å². The first-order valence-electron chi connectivity index (χ1n) is 8.44. The van der Waals surface area contributed by atoms with Crippen LogP contribution in [0.25, 0.3) is 0 Å². The summed E-state index contributed by atoms with van der Waals surface area (Å²) in [4.78, 5) is 38.0. The third kappa shape index (κ3) is 4.65. The van der Waals surface area contributed by atoms with Gasteiger partial charge in [-0.3, -0.25) is 9.59 Å². The number of rotatable bonds is 7. The van der Waals surface area contributed by atoms with Gasteiger partial charge in [-0.25, -0.2) is 4.68 Å². The molecule has 154 valence electrons. The maximum Gasteiger partial charge on any atom is 1.00 e. The van der Waals surface area contributed by atoms with E-state index >= 15 is 0 Å². The molecule has 30 heavy (non-hydrogen) atoms. The first-order valence-corrected chi connectivity index (χ1v) is 11.3. The minimum absolute atomic E-state index is 0. The Morgan fingerprint density at radius 3 is 2.87 bits per heavy atom. The molecule has 0 radical (unpaired) electrons. The molecule has 0 aromatic carbocycles. The van der Waals surface area contributed by atoms with Crippen molar-refractivity contribution in [3.63, 3.8) is 0 Å². The summed E-state index contributed by atoms with van der Waals surface area (Å²) in [6.45, 7) is 1.76. The average Bonchev–Trinajstić information content (AvgIpc) is 3.35. The molecule has 4 heterocycles. The Labute approximate surface area is 205 Å². The van der Waals surface area contributed by atoms with Crippen LogP contribution in [0.5, 0.6) is 0 Å². The molecule has 4 rings (SSSR count). The quantitative estimate of drug-likeness (QED) is 0.230. The van der Waals surface area contributed by atoms with Crippen LogP contribution in [0.1, 0.15) is 5.01 Å². The Kier molecular flexibility index (Phi) is 7.40. The predicted octanol–water partition coefficient (Wildman–Crippen LogP) is -5.23. The number of fused-ring (bicyclic) bond motifs is 1. The van der Waals surface area contributed by atoms with E-state index in [1.807, 2.05) is 6.92 Å². The van der Waals surface area contributed by atoms with Gasteiger partial charge in [0.25, 0.3) is 0 Å². The van der Waals surface area contributed by atoms with Gasteiger partial charge in [-0.2, -0.15) is 0 Å². The molecule has 2 aliphatic rings. The van der Waals surface area contributed by atoms with Crippen LogP contribution in [0.15, 0.2) is 10.7 Å². The molecule has 2 aromatic heterocycles. The number of β-lactam (4-membered cyclic amide) rings is 1. The van der Waals surface area contributed by atoms with Crippen LogP contribution in [0.3, 0.4) is 0 Å². The molecule has 0 spiro atoms. The van der Waals surface area contributed by atoms with E-state index in [1.54, 1.807) is 0 Å². The Hall–Kier alpha value is -1.26. The van der Waals surface area contributed by atoms with Gasteiger partial charge >= 0.3 is 29.6 Å². The van der Waals surface area contributed by atoms with Crippen molar-refractivity contribution in [2.24, 2.45) is 5.41 Å². The number of aromatic nitrogens is 6. The minimum Gasteiger partial charge on any atom is -0.549 e. The number of nitrogens with zero attached hydrogens (tertiary/aromatic N) is 7. The summed E-state index contributed by atoms with van der Waals surface area (Å²) >= 11 is 4.01. The molecule has 3 atom stereocenters. The number of carboxylic acid groups (broad SMARTS) is 1. The summed E-state index contributed by atoms with van der Waals surface area (Å²) in [7, 11) is 0. The van der Waals surface area contributed by atoms with Crippen molar-refractivity contribution in [3.05, 3.63) is 11.3 Å². The van der Waals surface area contributed by atoms with Gasteiger partial charge in [0.15, 0.2) is 4.34 Å². The van der Waals surface area contributed by atoms with Crippen LogP contribution in [-0.2, 0) is 20.9 Å². The molecule has 0 aliphatic carbocycles. The standard InChI is InChI=1S/C14H16N8O4S3.Na/c1-7-17-18-13(29-7)28-5-14(12(25)26)3-22-10(24)9(11(22)27-4-14)16-8(23)2-21-6-15-19-20-21;/h6,9,11H,2-5H2,1H3,(H,16,23)(H,25,26);/q;+1/p-1/t9?,11-,14?;/m1./s1. The number of aryl methyl sites for hydroxylation is 1. The van der Waals surface area contributed by atoms with E-state index in [-0.39, 0.29) is 65.4 Å². The van der Waals surface area contributed by atoms with E-state index < -0.39 is 23.3 Å². The van der Waals surface area contributed by atoms with Gasteiger partial charge in [0, 0.05) is 23.5 Å². The van der Waals surface area contributed by atoms with Crippen LogP contribution in [0.2, 0.25) is 0 Å². The van der Waals surface area contributed by atoms with Crippen molar-refractivity contribution in [2.75, 3.05) is 18.1 Å². The minimum atomic E-state index is -1.20. The van der Waals surface area contributed by atoms with Gasteiger partial charge in [-0.15, -0.1) is 27.1 Å². The molecule has 16 heteroatoms. The number of hydrogen-bond donors (Lipinski definition) is 1. The largest absolute Gasteiger partial charge is 1.00 e. The molecule has 0 saturated carbocycles. The summed E-state index contributed by atoms with van der Waals surface area (Å²) in [5.74, 6) is -1.40. The summed E-state index contributed by atoms with van der Waals surface area (Å²) in [6.07, 6.45) is 1.30. The van der Waals surface area contributed by atoms with E-state index in [2.05, 4.69) is 31.0 Å². The molecule has 0 bridgehead atoms. The van der Waals surface area contributed by atoms with Crippen LogP contribution >= 0.6 is 34.9 Å². The molecule has 2 saturated heterocycles. The normalized spacial score (nSPS) is 25.1. The Morgan fingerprint density at radius 1 is 1.43 bits per heavy atom. The molecule has 2 fully saturated rings. The molecule has 2 aliphatic heterocycles. The number of tetrazole rings is 1. The van der Waals surface area contributed by atoms with Gasteiger partial charge in [0.05, 0.1) is 5.97 Å². The number of nitrogens with one attached hydrogen (secondary N) is 1. The van der Waals surface area contributed by atoms with Crippen molar-refractivity contribution in [1.82, 2.24) is 40.6 Å². The van der Waals surface area contributed by atoms with Gasteiger partial charge in [-0.05, 0) is 17.4 Å². The molecule has 2 amide bonds. The average molecular weight is 479 g/mol. The van der Waals surface area contributed by atoms with E-state index in [0.717, 1.165) is 5.01 Å². The van der Waals surface area contributed by atoms with Crippen LogP contribution in [0, 0.1) is 12.3 Å². The van der Waals surface area contributed by atoms with Crippen LogP contribution in [-0.4, -0.2) is 82.6 Å². The summed E-state index contributed by atoms with van der Waals surface area (Å²) in [5, 5.41) is 33.5. The molecule has 12 nitrogen and oxygen atoms in total. The van der Waals surface area contributed by atoms with Gasteiger partial charge < -0.3 is 20.1 Å². The van der Waals surface area contributed by atoms with Crippen LogP contribution < -0.4 is 40.0 Å². The van der Waals surface area contributed by atoms with Gasteiger partial charge in [0.1, 0.15) is 29.3 Å². The topological polar surface area (TPSA) is 159 Å². The van der Waals surface area contributed by atoms with Gasteiger partial charge in [-0.1, -0.05) is 23.1 Å². The fourth-order valence-corrected chi connectivity index (χ4v) is 6.72. The number of thioether (sulfide) groups is 2. The Bertz CT molecular complexity index is 944. The number of carboxylic acids is 1. The van der Waals surface area contributed by atoms with Gasteiger partial charge in [0.2, 0.25) is 11.8 Å². The fourth-order valence-electron chi connectivity index (χ4n) is 3.05. The van der Waals surface area contributed by atoms with Crippen molar-refractivity contribution >= 4 is 52.6 Å². The van der Waals surface area contributed by atoms with Crippen molar-refractivity contribution in [1.29, 1.82) is 0 Å². The van der Waals surface area contributed by atoms with E-state index in [1.165, 1.54) is 50.8 Å². The fraction of sp³-hybridized carbons (Fsp3) is 0.571. The number of carbonyl (C=O) groups excluding carboxylic acids is 3. The van der Waals surface area contributed by atoms with Crippen molar-refractivity contribution in [2.45, 2.75) is 29.2 Å². The smallest absolute Gasteiger partial charge is 0.549 e. The third-order valence-corrected chi connectivity index (χ3v) is 8.42. The molecule has 2 unspecified atom stereocenters. The number of aliphatic carboxylic acids is 1.